The van der Waals surface area contributed by atoms with Gasteiger partial charge in [0.1, 0.15) is 0 Å². The molecule has 0 aliphatic carbocycles. The first kappa shape index (κ1) is 13.4. The van der Waals surface area contributed by atoms with Crippen molar-refractivity contribution < 1.29 is 4.79 Å². The summed E-state index contributed by atoms with van der Waals surface area (Å²) in [6, 6.07) is 9.17. The molecule has 19 heavy (non-hydrogen) atoms. The van der Waals surface area contributed by atoms with Gasteiger partial charge in [-0.15, -0.1) is 0 Å². The first-order chi connectivity index (χ1) is 9.15. The normalized spacial score (nSPS) is 19.4. The minimum Gasteiger partial charge on any atom is -0.330 e. The topological polar surface area (TPSA) is 73.4 Å². The first-order valence-corrected chi connectivity index (χ1v) is 6.38. The molecule has 1 aliphatic rings. The second-order valence-electron chi connectivity index (χ2n) is 4.88. The molecular formula is C14H18N4O. The number of carbonyl (C=O) groups excluding carboxylic acids is 1. The van der Waals surface area contributed by atoms with E-state index in [0.717, 1.165) is 18.7 Å². The van der Waals surface area contributed by atoms with E-state index in [9.17, 15) is 4.79 Å². The van der Waals surface area contributed by atoms with Crippen molar-refractivity contribution in [1.29, 1.82) is 5.26 Å². The van der Waals surface area contributed by atoms with Gasteiger partial charge >= 0.3 is 6.03 Å². The van der Waals surface area contributed by atoms with Crippen LogP contribution in [-0.2, 0) is 0 Å². The van der Waals surface area contributed by atoms with E-state index < -0.39 is 0 Å². The van der Waals surface area contributed by atoms with Gasteiger partial charge in [0, 0.05) is 25.8 Å². The largest absolute Gasteiger partial charge is 0.330 e. The number of carbonyl (C=O) groups is 1. The van der Waals surface area contributed by atoms with Gasteiger partial charge in [-0.05, 0) is 43.1 Å². The van der Waals surface area contributed by atoms with Crippen LogP contribution in [0.15, 0.2) is 24.3 Å². The summed E-state index contributed by atoms with van der Waals surface area (Å²) >= 11 is 0. The molecule has 0 spiro atoms. The first-order valence-electron chi connectivity index (χ1n) is 6.38. The number of hydrogen-bond donors (Lipinski definition) is 1. The lowest BCUT2D eigenvalue weighted by Gasteiger charge is -2.38. The van der Waals surface area contributed by atoms with Gasteiger partial charge in [-0.3, -0.25) is 4.90 Å². The molecular weight excluding hydrogens is 240 g/mol. The molecule has 0 aromatic heterocycles. The smallest absolute Gasteiger partial charge is 0.324 e. The maximum Gasteiger partial charge on any atom is 0.324 e. The molecule has 0 saturated carbocycles. The van der Waals surface area contributed by atoms with Gasteiger partial charge in [0.25, 0.3) is 0 Å². The second kappa shape index (κ2) is 5.72. The fourth-order valence-electron chi connectivity index (χ4n) is 2.42. The quantitative estimate of drug-likeness (QED) is 0.890. The highest BCUT2D eigenvalue weighted by atomic mass is 16.2. The van der Waals surface area contributed by atoms with E-state index in [0.29, 0.717) is 24.6 Å². The fourth-order valence-corrected chi connectivity index (χ4v) is 2.42. The van der Waals surface area contributed by atoms with Crippen molar-refractivity contribution in [1.82, 2.24) is 4.90 Å². The molecule has 2 N–H and O–H groups in total. The Morgan fingerprint density at radius 1 is 1.37 bits per heavy atom. The van der Waals surface area contributed by atoms with Crippen LogP contribution < -0.4 is 10.6 Å². The summed E-state index contributed by atoms with van der Waals surface area (Å²) in [4.78, 5) is 15.7. The Bertz CT molecular complexity index is 491. The van der Waals surface area contributed by atoms with E-state index in [1.807, 2.05) is 19.2 Å². The number of urea groups is 1. The van der Waals surface area contributed by atoms with Crippen molar-refractivity contribution in [3.8, 4) is 6.07 Å². The molecule has 2 rings (SSSR count). The standard InChI is InChI=1S/C14H18N4O/c1-17-9-12(6-7-15)10-18(14(17)19)13-4-2-11(8-16)3-5-13/h2-5,12H,6-7,9-10,15H2,1H3. The molecule has 5 heteroatoms. The predicted octanol–water partition coefficient (Wildman–Crippen LogP) is 1.40. The number of nitrogens with two attached hydrogens (primary N) is 1. The monoisotopic (exact) mass is 258 g/mol. The Labute approximate surface area is 113 Å². The molecule has 100 valence electrons. The zero-order chi connectivity index (χ0) is 13.8. The Balaban J connectivity index is 2.20. The Kier molecular flexibility index (Phi) is 4.03. The maximum atomic E-state index is 12.2. The third kappa shape index (κ3) is 2.85. The van der Waals surface area contributed by atoms with Crippen LogP contribution >= 0.6 is 0 Å². The molecule has 1 atom stereocenters. The average Bonchev–Trinajstić information content (AvgIpc) is 2.43. The van der Waals surface area contributed by atoms with E-state index in [2.05, 4.69) is 6.07 Å². The summed E-state index contributed by atoms with van der Waals surface area (Å²) in [6.45, 7) is 2.07. The molecule has 0 bridgehead atoms. The zero-order valence-corrected chi connectivity index (χ0v) is 11.0. The molecule has 5 nitrogen and oxygen atoms in total. The number of nitrogens with zero attached hydrogens (tertiary/aromatic N) is 3. The van der Waals surface area contributed by atoms with Crippen molar-refractivity contribution in [2.45, 2.75) is 6.42 Å². The third-order valence-corrected chi connectivity index (χ3v) is 3.41. The average molecular weight is 258 g/mol. The van der Waals surface area contributed by atoms with E-state index >= 15 is 0 Å². The van der Waals surface area contributed by atoms with Gasteiger partial charge in [0.05, 0.1) is 11.6 Å². The molecule has 1 heterocycles. The third-order valence-electron chi connectivity index (χ3n) is 3.41. The van der Waals surface area contributed by atoms with Crippen LogP contribution in [0.5, 0.6) is 0 Å². The van der Waals surface area contributed by atoms with Crippen molar-refractivity contribution in [3.05, 3.63) is 29.8 Å². The summed E-state index contributed by atoms with van der Waals surface area (Å²) < 4.78 is 0. The van der Waals surface area contributed by atoms with Crippen LogP contribution in [0.1, 0.15) is 12.0 Å². The lowest BCUT2D eigenvalue weighted by molar-refractivity contribution is 0.191. The zero-order valence-electron chi connectivity index (χ0n) is 11.0. The molecule has 1 fully saturated rings. The van der Waals surface area contributed by atoms with Gasteiger partial charge in [0.15, 0.2) is 0 Å². The molecule has 1 saturated heterocycles. The lowest BCUT2D eigenvalue weighted by Crippen LogP contribution is -2.52. The van der Waals surface area contributed by atoms with Crippen LogP contribution in [0.25, 0.3) is 0 Å². The van der Waals surface area contributed by atoms with Crippen molar-refractivity contribution in [3.63, 3.8) is 0 Å². The molecule has 2 amide bonds. The molecule has 1 aliphatic heterocycles. The van der Waals surface area contributed by atoms with Crippen LogP contribution in [-0.4, -0.2) is 37.6 Å². The Hall–Kier alpha value is -2.06. The highest BCUT2D eigenvalue weighted by Crippen LogP contribution is 2.23. The van der Waals surface area contributed by atoms with Gasteiger partial charge in [-0.1, -0.05) is 0 Å². The van der Waals surface area contributed by atoms with E-state index in [-0.39, 0.29) is 6.03 Å². The van der Waals surface area contributed by atoms with E-state index in [1.165, 1.54) is 0 Å². The van der Waals surface area contributed by atoms with E-state index in [1.54, 1.807) is 21.9 Å². The number of hydrogen-bond acceptors (Lipinski definition) is 3. The van der Waals surface area contributed by atoms with Gasteiger partial charge in [0.2, 0.25) is 0 Å². The molecule has 1 unspecified atom stereocenters. The van der Waals surface area contributed by atoms with Crippen LogP contribution in [0, 0.1) is 17.2 Å². The summed E-state index contributed by atoms with van der Waals surface area (Å²) in [5, 5.41) is 8.79. The second-order valence-corrected chi connectivity index (χ2v) is 4.88. The highest BCUT2D eigenvalue weighted by molar-refractivity contribution is 5.92. The number of anilines is 1. The number of benzene rings is 1. The Morgan fingerprint density at radius 2 is 2.05 bits per heavy atom. The summed E-state index contributed by atoms with van der Waals surface area (Å²) in [6.07, 6.45) is 0.907. The van der Waals surface area contributed by atoms with Gasteiger partial charge < -0.3 is 10.6 Å². The molecule has 1 aromatic carbocycles. The van der Waals surface area contributed by atoms with Gasteiger partial charge in [-0.25, -0.2) is 4.79 Å². The molecule has 0 radical (unpaired) electrons. The van der Waals surface area contributed by atoms with Crippen molar-refractivity contribution in [2.24, 2.45) is 11.7 Å². The van der Waals surface area contributed by atoms with Crippen molar-refractivity contribution >= 4 is 11.7 Å². The van der Waals surface area contributed by atoms with E-state index in [4.69, 9.17) is 11.0 Å². The fraction of sp³-hybridized carbons (Fsp3) is 0.429. The maximum absolute atomic E-state index is 12.2. The van der Waals surface area contributed by atoms with Crippen LogP contribution in [0.2, 0.25) is 0 Å². The highest BCUT2D eigenvalue weighted by Gasteiger charge is 2.29. The minimum absolute atomic E-state index is 0.00187. The van der Waals surface area contributed by atoms with Crippen molar-refractivity contribution in [2.75, 3.05) is 31.6 Å². The lowest BCUT2D eigenvalue weighted by atomic mass is 10.0. The SMILES string of the molecule is CN1CC(CCN)CN(c2ccc(C#N)cc2)C1=O. The number of rotatable bonds is 3. The number of nitriles is 1. The summed E-state index contributed by atoms with van der Waals surface area (Å²) in [5.74, 6) is 0.392. The summed E-state index contributed by atoms with van der Waals surface area (Å²) in [7, 11) is 1.81. The Morgan fingerprint density at radius 3 is 2.63 bits per heavy atom. The molecule has 1 aromatic rings. The van der Waals surface area contributed by atoms with Crippen LogP contribution in [0.3, 0.4) is 0 Å². The summed E-state index contributed by atoms with van der Waals surface area (Å²) in [5.41, 5.74) is 7.03. The minimum atomic E-state index is -0.00187. The predicted molar refractivity (Wildman–Crippen MR) is 73.7 cm³/mol. The van der Waals surface area contributed by atoms with Gasteiger partial charge in [-0.2, -0.15) is 5.26 Å². The van der Waals surface area contributed by atoms with Crippen LogP contribution in [0.4, 0.5) is 10.5 Å². The number of amides is 2.